The third-order valence-electron chi connectivity index (χ3n) is 6.43. The van der Waals surface area contributed by atoms with Gasteiger partial charge in [-0.3, -0.25) is 0 Å². The van der Waals surface area contributed by atoms with Crippen molar-refractivity contribution in [2.24, 2.45) is 0 Å². The first-order chi connectivity index (χ1) is 13.4. The zero-order chi connectivity index (χ0) is 19.8. The van der Waals surface area contributed by atoms with Crippen molar-refractivity contribution in [1.82, 2.24) is 9.03 Å². The summed E-state index contributed by atoms with van der Waals surface area (Å²) in [7, 11) is -7.21. The predicted octanol–water partition coefficient (Wildman–Crippen LogP) is 0.349. The Morgan fingerprint density at radius 3 is 2.25 bits per heavy atom. The molecule has 4 rings (SSSR count). The summed E-state index contributed by atoms with van der Waals surface area (Å²) in [5.41, 5.74) is 0. The van der Waals surface area contributed by atoms with Crippen LogP contribution in [-0.2, 0) is 20.0 Å². The Balaban J connectivity index is 1.47. The summed E-state index contributed by atoms with van der Waals surface area (Å²) in [5.74, 6) is 0. The van der Waals surface area contributed by atoms with E-state index >= 15 is 0 Å². The van der Waals surface area contributed by atoms with E-state index in [9.17, 15) is 16.8 Å². The number of piperazine rings is 1. The Labute approximate surface area is 168 Å². The summed E-state index contributed by atoms with van der Waals surface area (Å²) in [6.45, 7) is 3.07. The predicted molar refractivity (Wildman–Crippen MR) is 106 cm³/mol. The van der Waals surface area contributed by atoms with E-state index in [1.54, 1.807) is 4.31 Å². The zero-order valence-electron chi connectivity index (χ0n) is 16.1. The fraction of sp³-hybridized carbons (Fsp3) is 0.684. The highest BCUT2D eigenvalue weighted by Crippen LogP contribution is 2.22. The number of rotatable bonds is 5. The second kappa shape index (κ2) is 8.02. The molecule has 7 nitrogen and oxygen atoms in total. The number of quaternary nitrogens is 1. The van der Waals surface area contributed by atoms with Crippen molar-refractivity contribution in [3.8, 4) is 0 Å². The lowest BCUT2D eigenvalue weighted by Crippen LogP contribution is -3.16. The SMILES string of the molecule is O=S(=O)(NC1CCCCC1)c1ccc(S(=O)(=O)N2CC[NH+]3CCC[C@@H]3C2)cc1. The Kier molecular flexibility index (Phi) is 5.81. The van der Waals surface area contributed by atoms with Crippen LogP contribution in [-0.4, -0.2) is 59.4 Å². The smallest absolute Gasteiger partial charge is 0.243 e. The molecule has 0 spiro atoms. The minimum atomic E-state index is -3.62. The minimum Gasteiger partial charge on any atom is -0.330 e. The second-order valence-corrected chi connectivity index (χ2v) is 11.9. The Bertz CT molecular complexity index is 894. The van der Waals surface area contributed by atoms with Crippen LogP contribution in [0.5, 0.6) is 0 Å². The molecule has 1 aromatic rings. The molecule has 3 aliphatic rings. The summed E-state index contributed by atoms with van der Waals surface area (Å²) < 4.78 is 55.6. The molecule has 9 heteroatoms. The van der Waals surface area contributed by atoms with Gasteiger partial charge in [-0.1, -0.05) is 19.3 Å². The Hall–Kier alpha value is -1.00. The van der Waals surface area contributed by atoms with E-state index in [-0.39, 0.29) is 15.8 Å². The molecular formula is C19H30N3O4S2+. The van der Waals surface area contributed by atoms with Crippen LogP contribution in [0.15, 0.2) is 34.1 Å². The van der Waals surface area contributed by atoms with E-state index < -0.39 is 20.0 Å². The van der Waals surface area contributed by atoms with Gasteiger partial charge >= 0.3 is 0 Å². The fourth-order valence-corrected chi connectivity index (χ4v) is 7.60. The number of hydrogen-bond acceptors (Lipinski definition) is 4. The van der Waals surface area contributed by atoms with Crippen LogP contribution in [0.4, 0.5) is 0 Å². The van der Waals surface area contributed by atoms with Gasteiger partial charge in [0.1, 0.15) is 6.04 Å². The van der Waals surface area contributed by atoms with Gasteiger partial charge in [-0.15, -0.1) is 0 Å². The quantitative estimate of drug-likeness (QED) is 0.708. The molecule has 2 atom stereocenters. The van der Waals surface area contributed by atoms with Gasteiger partial charge in [-0.25, -0.2) is 21.6 Å². The largest absolute Gasteiger partial charge is 0.330 e. The standard InChI is InChI=1S/C19H29N3O4S2/c23-27(24,20-16-5-2-1-3-6-16)18-8-10-19(11-9-18)28(25,26)22-14-13-21-12-4-7-17(21)15-22/h8-11,16-17,20H,1-7,12-15H2/p+1/t17-/m1/s1. The van der Waals surface area contributed by atoms with Gasteiger partial charge in [0, 0.05) is 18.9 Å². The van der Waals surface area contributed by atoms with E-state index in [0.717, 1.165) is 58.0 Å². The number of hydrogen-bond donors (Lipinski definition) is 2. The highest BCUT2D eigenvalue weighted by molar-refractivity contribution is 7.89. The van der Waals surface area contributed by atoms with Crippen LogP contribution in [0.25, 0.3) is 0 Å². The molecule has 2 saturated heterocycles. The molecular weight excluding hydrogens is 398 g/mol. The molecule has 0 bridgehead atoms. The summed E-state index contributed by atoms with van der Waals surface area (Å²) in [5, 5.41) is 0. The van der Waals surface area contributed by atoms with Crippen LogP contribution in [0.2, 0.25) is 0 Å². The van der Waals surface area contributed by atoms with E-state index in [4.69, 9.17) is 0 Å². The van der Waals surface area contributed by atoms with Crippen molar-refractivity contribution in [3.05, 3.63) is 24.3 Å². The molecule has 0 radical (unpaired) electrons. The van der Waals surface area contributed by atoms with Gasteiger partial charge in [0.05, 0.1) is 36.0 Å². The third-order valence-corrected chi connectivity index (χ3v) is 9.85. The Morgan fingerprint density at radius 2 is 1.54 bits per heavy atom. The summed E-state index contributed by atoms with van der Waals surface area (Å²) in [4.78, 5) is 1.81. The van der Waals surface area contributed by atoms with Gasteiger partial charge in [0.2, 0.25) is 20.0 Å². The van der Waals surface area contributed by atoms with Gasteiger partial charge in [0.15, 0.2) is 0 Å². The molecule has 156 valence electrons. The summed E-state index contributed by atoms with van der Waals surface area (Å²) in [6, 6.07) is 6.05. The maximum absolute atomic E-state index is 13.0. The van der Waals surface area contributed by atoms with Gasteiger partial charge in [0.25, 0.3) is 0 Å². The molecule has 2 aliphatic heterocycles. The van der Waals surface area contributed by atoms with E-state index in [2.05, 4.69) is 4.72 Å². The number of benzene rings is 1. The molecule has 1 unspecified atom stereocenters. The first-order valence-corrected chi connectivity index (χ1v) is 13.3. The molecule has 1 aliphatic carbocycles. The molecule has 0 amide bonds. The molecule has 2 N–H and O–H groups in total. The maximum atomic E-state index is 13.0. The average molecular weight is 429 g/mol. The van der Waals surface area contributed by atoms with Gasteiger partial charge in [-0.2, -0.15) is 4.31 Å². The maximum Gasteiger partial charge on any atom is 0.243 e. The van der Waals surface area contributed by atoms with Crippen molar-refractivity contribution < 1.29 is 21.7 Å². The fourth-order valence-electron chi connectivity index (χ4n) is 4.80. The number of fused-ring (bicyclic) bond motifs is 1. The van der Waals surface area contributed by atoms with Crippen LogP contribution in [0.1, 0.15) is 44.9 Å². The molecule has 28 heavy (non-hydrogen) atoms. The van der Waals surface area contributed by atoms with Crippen LogP contribution in [0, 0.1) is 0 Å². The molecule has 1 aromatic carbocycles. The zero-order valence-corrected chi connectivity index (χ0v) is 17.8. The lowest BCUT2D eigenvalue weighted by molar-refractivity contribution is -0.916. The molecule has 2 heterocycles. The lowest BCUT2D eigenvalue weighted by atomic mass is 9.96. The van der Waals surface area contributed by atoms with Crippen molar-refractivity contribution in [2.45, 2.75) is 66.8 Å². The molecule has 0 aromatic heterocycles. The van der Waals surface area contributed by atoms with Crippen molar-refractivity contribution in [2.75, 3.05) is 26.2 Å². The van der Waals surface area contributed by atoms with Crippen molar-refractivity contribution >= 4 is 20.0 Å². The normalized spacial score (nSPS) is 27.6. The first-order valence-electron chi connectivity index (χ1n) is 10.3. The Morgan fingerprint density at radius 1 is 0.857 bits per heavy atom. The van der Waals surface area contributed by atoms with Crippen LogP contribution < -0.4 is 9.62 Å². The monoisotopic (exact) mass is 428 g/mol. The third kappa shape index (κ3) is 4.14. The van der Waals surface area contributed by atoms with E-state index in [1.165, 1.54) is 29.2 Å². The number of sulfonamides is 2. The van der Waals surface area contributed by atoms with Gasteiger partial charge < -0.3 is 4.90 Å². The molecule has 1 saturated carbocycles. The lowest BCUT2D eigenvalue weighted by Gasteiger charge is -2.34. The first kappa shape index (κ1) is 20.3. The van der Waals surface area contributed by atoms with Gasteiger partial charge in [-0.05, 0) is 37.1 Å². The number of nitrogens with zero attached hydrogens (tertiary/aromatic N) is 1. The van der Waals surface area contributed by atoms with Crippen LogP contribution >= 0.6 is 0 Å². The topological polar surface area (TPSA) is 88.0 Å². The van der Waals surface area contributed by atoms with E-state index in [1.807, 2.05) is 0 Å². The molecule has 3 fully saturated rings. The summed E-state index contributed by atoms with van der Waals surface area (Å²) >= 11 is 0. The highest BCUT2D eigenvalue weighted by atomic mass is 32.2. The van der Waals surface area contributed by atoms with Crippen LogP contribution in [0.3, 0.4) is 0 Å². The average Bonchev–Trinajstić information content (AvgIpc) is 3.16. The van der Waals surface area contributed by atoms with Crippen molar-refractivity contribution in [1.29, 1.82) is 0 Å². The van der Waals surface area contributed by atoms with Crippen molar-refractivity contribution in [3.63, 3.8) is 0 Å². The van der Waals surface area contributed by atoms with E-state index in [0.29, 0.717) is 19.1 Å². The second-order valence-electron chi connectivity index (χ2n) is 8.29. The minimum absolute atomic E-state index is 0.0210. The summed E-state index contributed by atoms with van der Waals surface area (Å²) in [6.07, 6.45) is 7.20. The number of nitrogens with one attached hydrogen (secondary N) is 2. The highest BCUT2D eigenvalue weighted by Gasteiger charge is 2.39.